The first-order chi connectivity index (χ1) is 10.3. The number of hydrogen-bond donors (Lipinski definition) is 1. The summed E-state index contributed by atoms with van der Waals surface area (Å²) in [5.41, 5.74) is 8.31. The van der Waals surface area contributed by atoms with Gasteiger partial charge in [-0.3, -0.25) is 4.90 Å². The summed E-state index contributed by atoms with van der Waals surface area (Å²) in [5.74, 6) is 0.917. The van der Waals surface area contributed by atoms with E-state index in [0.717, 1.165) is 30.8 Å². The quantitative estimate of drug-likeness (QED) is 0.922. The molecule has 1 aromatic heterocycles. The minimum atomic E-state index is 0.494. The van der Waals surface area contributed by atoms with Gasteiger partial charge in [0.15, 0.2) is 0 Å². The van der Waals surface area contributed by atoms with Crippen LogP contribution in [-0.2, 0) is 13.0 Å². The number of ether oxygens (including phenoxy) is 1. The maximum Gasteiger partial charge on any atom is 0.123 e. The molecule has 0 spiro atoms. The summed E-state index contributed by atoms with van der Waals surface area (Å²) in [6, 6.07) is 10.8. The summed E-state index contributed by atoms with van der Waals surface area (Å²) in [4.78, 5) is 4.05. The van der Waals surface area contributed by atoms with Crippen LogP contribution >= 0.6 is 11.3 Å². The molecule has 0 amide bonds. The molecule has 1 aromatic carbocycles. The van der Waals surface area contributed by atoms with Crippen molar-refractivity contribution in [2.24, 2.45) is 5.73 Å². The predicted molar refractivity (Wildman–Crippen MR) is 87.8 cm³/mol. The van der Waals surface area contributed by atoms with Crippen LogP contribution in [0.3, 0.4) is 0 Å². The first-order valence-electron chi connectivity index (χ1n) is 7.50. The van der Waals surface area contributed by atoms with Crippen LogP contribution in [0, 0.1) is 0 Å². The van der Waals surface area contributed by atoms with Crippen molar-refractivity contribution in [3.05, 3.63) is 51.7 Å². The smallest absolute Gasteiger partial charge is 0.123 e. The highest BCUT2D eigenvalue weighted by molar-refractivity contribution is 7.10. The van der Waals surface area contributed by atoms with E-state index < -0.39 is 0 Å². The van der Waals surface area contributed by atoms with Crippen LogP contribution in [0.25, 0.3) is 0 Å². The van der Waals surface area contributed by atoms with Crippen molar-refractivity contribution < 1.29 is 4.74 Å². The predicted octanol–water partition coefficient (Wildman–Crippen LogP) is 3.20. The van der Waals surface area contributed by atoms with Crippen molar-refractivity contribution in [2.45, 2.75) is 25.9 Å². The van der Waals surface area contributed by atoms with Crippen molar-refractivity contribution in [1.82, 2.24) is 4.90 Å². The summed E-state index contributed by atoms with van der Waals surface area (Å²) in [7, 11) is 0. The van der Waals surface area contributed by atoms with Gasteiger partial charge in [-0.1, -0.05) is 18.2 Å². The molecule has 21 heavy (non-hydrogen) atoms. The van der Waals surface area contributed by atoms with Gasteiger partial charge in [-0.2, -0.15) is 0 Å². The van der Waals surface area contributed by atoms with Crippen LogP contribution < -0.4 is 10.5 Å². The number of benzene rings is 1. The van der Waals surface area contributed by atoms with E-state index in [9.17, 15) is 0 Å². The van der Waals surface area contributed by atoms with E-state index >= 15 is 0 Å². The molecule has 0 fully saturated rings. The fourth-order valence-corrected chi connectivity index (χ4v) is 3.92. The largest absolute Gasteiger partial charge is 0.492 e. The van der Waals surface area contributed by atoms with Gasteiger partial charge in [0.25, 0.3) is 0 Å². The Morgan fingerprint density at radius 3 is 3.05 bits per heavy atom. The number of thiophene rings is 1. The van der Waals surface area contributed by atoms with Gasteiger partial charge >= 0.3 is 0 Å². The molecule has 0 radical (unpaired) electrons. The Morgan fingerprint density at radius 2 is 2.19 bits per heavy atom. The monoisotopic (exact) mass is 302 g/mol. The number of hydrogen-bond acceptors (Lipinski definition) is 4. The van der Waals surface area contributed by atoms with Gasteiger partial charge in [-0.05, 0) is 36.4 Å². The highest BCUT2D eigenvalue weighted by atomic mass is 32.1. The van der Waals surface area contributed by atoms with E-state index in [1.165, 1.54) is 5.56 Å². The molecule has 3 nitrogen and oxygen atoms in total. The molecule has 1 aliphatic heterocycles. The van der Waals surface area contributed by atoms with Crippen molar-refractivity contribution in [3.63, 3.8) is 0 Å². The molecule has 2 aromatic rings. The molecule has 1 atom stereocenters. The van der Waals surface area contributed by atoms with E-state index in [1.54, 1.807) is 4.88 Å². The second-order valence-corrected chi connectivity index (χ2v) is 6.42. The van der Waals surface area contributed by atoms with Gasteiger partial charge in [-0.25, -0.2) is 0 Å². The highest BCUT2D eigenvalue weighted by Gasteiger charge is 2.24. The third kappa shape index (κ3) is 3.12. The number of para-hydroxylation sites is 1. The SMILES string of the molecule is CC1c2ccsc2CCN1CCOc1ccccc1CN. The van der Waals surface area contributed by atoms with Gasteiger partial charge in [0.2, 0.25) is 0 Å². The summed E-state index contributed by atoms with van der Waals surface area (Å²) >= 11 is 1.88. The van der Waals surface area contributed by atoms with E-state index in [4.69, 9.17) is 10.5 Å². The van der Waals surface area contributed by atoms with Gasteiger partial charge in [0.1, 0.15) is 12.4 Å². The van der Waals surface area contributed by atoms with Crippen molar-refractivity contribution in [3.8, 4) is 5.75 Å². The van der Waals surface area contributed by atoms with Gasteiger partial charge in [0.05, 0.1) is 0 Å². The molecule has 4 heteroatoms. The van der Waals surface area contributed by atoms with Crippen LogP contribution in [0.4, 0.5) is 0 Å². The lowest BCUT2D eigenvalue weighted by molar-refractivity contribution is 0.160. The lowest BCUT2D eigenvalue weighted by atomic mass is 10.0. The molecule has 1 unspecified atom stereocenters. The van der Waals surface area contributed by atoms with E-state index in [1.807, 2.05) is 35.6 Å². The summed E-state index contributed by atoms with van der Waals surface area (Å²) in [6.45, 7) is 5.60. The summed E-state index contributed by atoms with van der Waals surface area (Å²) in [6.07, 6.45) is 1.16. The fraction of sp³-hybridized carbons (Fsp3) is 0.412. The van der Waals surface area contributed by atoms with E-state index in [-0.39, 0.29) is 0 Å². The molecule has 0 bridgehead atoms. The standard InChI is InChI=1S/C17H22N2OS/c1-13-15-7-11-21-17(15)6-8-19(13)9-10-20-16-5-3-2-4-14(16)12-18/h2-5,7,11,13H,6,8-10,12,18H2,1H3. The number of rotatable bonds is 5. The zero-order valence-corrected chi connectivity index (χ0v) is 13.2. The van der Waals surface area contributed by atoms with Crippen LogP contribution in [0.1, 0.15) is 29.0 Å². The average Bonchev–Trinajstić information content (AvgIpc) is 2.99. The molecular weight excluding hydrogens is 280 g/mol. The third-order valence-electron chi connectivity index (χ3n) is 4.23. The second kappa shape index (κ2) is 6.60. The molecule has 3 rings (SSSR count). The normalized spacial score (nSPS) is 18.5. The molecule has 2 N–H and O–H groups in total. The van der Waals surface area contributed by atoms with Gasteiger partial charge < -0.3 is 10.5 Å². The molecule has 112 valence electrons. The number of fused-ring (bicyclic) bond motifs is 1. The Bertz CT molecular complexity index is 596. The molecule has 2 heterocycles. The highest BCUT2D eigenvalue weighted by Crippen LogP contribution is 2.32. The molecular formula is C17H22N2OS. The Balaban J connectivity index is 1.57. The van der Waals surface area contributed by atoms with Crippen molar-refractivity contribution in [2.75, 3.05) is 19.7 Å². The minimum absolute atomic E-state index is 0.494. The molecule has 0 saturated heterocycles. The average molecular weight is 302 g/mol. The summed E-state index contributed by atoms with van der Waals surface area (Å²) < 4.78 is 5.93. The Labute approximate surface area is 130 Å². The van der Waals surface area contributed by atoms with Gasteiger partial charge in [0, 0.05) is 36.1 Å². The number of nitrogens with zero attached hydrogens (tertiary/aromatic N) is 1. The van der Waals surface area contributed by atoms with Crippen LogP contribution in [0.15, 0.2) is 35.7 Å². The topological polar surface area (TPSA) is 38.5 Å². The number of nitrogens with two attached hydrogens (primary N) is 1. The maximum atomic E-state index is 5.93. The molecule has 0 saturated carbocycles. The first kappa shape index (κ1) is 14.6. The maximum absolute atomic E-state index is 5.93. The Hall–Kier alpha value is -1.36. The van der Waals surface area contributed by atoms with Crippen LogP contribution in [0.5, 0.6) is 5.75 Å². The molecule has 0 aliphatic carbocycles. The van der Waals surface area contributed by atoms with Gasteiger partial charge in [-0.15, -0.1) is 11.3 Å². The fourth-order valence-electron chi connectivity index (χ4n) is 2.95. The lowest BCUT2D eigenvalue weighted by Crippen LogP contribution is -2.36. The van der Waals surface area contributed by atoms with Crippen molar-refractivity contribution in [1.29, 1.82) is 0 Å². The van der Waals surface area contributed by atoms with Crippen LogP contribution in [-0.4, -0.2) is 24.6 Å². The van der Waals surface area contributed by atoms with E-state index in [2.05, 4.69) is 23.3 Å². The lowest BCUT2D eigenvalue weighted by Gasteiger charge is -2.33. The zero-order valence-electron chi connectivity index (χ0n) is 12.4. The second-order valence-electron chi connectivity index (χ2n) is 5.42. The molecule has 1 aliphatic rings. The Morgan fingerprint density at radius 1 is 1.33 bits per heavy atom. The summed E-state index contributed by atoms with van der Waals surface area (Å²) in [5, 5.41) is 2.21. The minimum Gasteiger partial charge on any atom is -0.492 e. The van der Waals surface area contributed by atoms with E-state index in [0.29, 0.717) is 19.2 Å². The Kier molecular flexibility index (Phi) is 4.58. The first-order valence-corrected chi connectivity index (χ1v) is 8.38. The third-order valence-corrected chi connectivity index (χ3v) is 5.23. The van der Waals surface area contributed by atoms with Crippen molar-refractivity contribution >= 4 is 11.3 Å². The zero-order chi connectivity index (χ0) is 14.7. The van der Waals surface area contributed by atoms with Crippen LogP contribution in [0.2, 0.25) is 0 Å².